The first-order chi connectivity index (χ1) is 8.67. The molecule has 0 radical (unpaired) electrons. The number of hydrogen-bond donors (Lipinski definition) is 1. The van der Waals surface area contributed by atoms with Crippen LogP contribution in [0, 0.1) is 0 Å². The molecule has 19 heavy (non-hydrogen) atoms. The van der Waals surface area contributed by atoms with Crippen LogP contribution in [0.15, 0.2) is 0 Å². The molecule has 0 aromatic heterocycles. The third-order valence-electron chi connectivity index (χ3n) is 3.94. The second-order valence-corrected chi connectivity index (χ2v) is 7.72. The minimum absolute atomic E-state index is 0.0956. The highest BCUT2D eigenvalue weighted by molar-refractivity contribution is 7.90. The summed E-state index contributed by atoms with van der Waals surface area (Å²) in [5.41, 5.74) is 0. The Labute approximate surface area is 115 Å². The van der Waals surface area contributed by atoms with Crippen LogP contribution in [0.5, 0.6) is 0 Å². The number of carboxylic acid groups (broad SMARTS) is 1. The van der Waals surface area contributed by atoms with E-state index in [0.29, 0.717) is 6.04 Å². The average molecular weight is 292 g/mol. The van der Waals surface area contributed by atoms with E-state index in [1.807, 2.05) is 0 Å². The molecule has 1 unspecified atom stereocenters. The van der Waals surface area contributed by atoms with E-state index in [0.717, 1.165) is 25.9 Å². The van der Waals surface area contributed by atoms with Gasteiger partial charge in [0.15, 0.2) is 5.25 Å². The van der Waals surface area contributed by atoms with E-state index >= 15 is 0 Å². The van der Waals surface area contributed by atoms with Gasteiger partial charge in [0.2, 0.25) is 10.0 Å². The fraction of sp³-hybridized carbons (Fsp3) is 0.917. The van der Waals surface area contributed by atoms with Crippen LogP contribution >= 0.6 is 0 Å². The molecule has 1 heterocycles. The predicted molar refractivity (Wildman–Crippen MR) is 73.5 cm³/mol. The zero-order chi connectivity index (χ0) is 14.8. The fourth-order valence-electron chi connectivity index (χ4n) is 2.35. The van der Waals surface area contributed by atoms with Gasteiger partial charge in [-0.15, -0.1) is 0 Å². The quantitative estimate of drug-likeness (QED) is 0.802. The summed E-state index contributed by atoms with van der Waals surface area (Å²) in [5.74, 6) is -1.30. The Morgan fingerprint density at radius 2 is 1.74 bits per heavy atom. The third-order valence-corrected chi connectivity index (χ3v) is 6.14. The zero-order valence-corrected chi connectivity index (χ0v) is 12.9. The topological polar surface area (TPSA) is 77.9 Å². The van der Waals surface area contributed by atoms with Gasteiger partial charge in [-0.25, -0.2) is 12.7 Å². The minimum Gasteiger partial charge on any atom is -0.480 e. The van der Waals surface area contributed by atoms with Crippen molar-refractivity contribution in [3.05, 3.63) is 0 Å². The Bertz CT molecular complexity index is 413. The van der Waals surface area contributed by atoms with Crippen molar-refractivity contribution in [3.63, 3.8) is 0 Å². The largest absolute Gasteiger partial charge is 0.480 e. The second-order valence-electron chi connectivity index (χ2n) is 5.40. The molecular formula is C12H24N2O4S. The van der Waals surface area contributed by atoms with Crippen molar-refractivity contribution < 1.29 is 18.3 Å². The molecule has 0 aromatic carbocycles. The lowest BCUT2D eigenvalue weighted by Gasteiger charge is -2.38. The van der Waals surface area contributed by atoms with Gasteiger partial charge in [0.1, 0.15) is 0 Å². The molecule has 0 saturated carbocycles. The Kier molecular flexibility index (Phi) is 5.34. The van der Waals surface area contributed by atoms with Crippen LogP contribution in [0.2, 0.25) is 0 Å². The summed E-state index contributed by atoms with van der Waals surface area (Å²) in [4.78, 5) is 13.2. The first kappa shape index (κ1) is 16.4. The van der Waals surface area contributed by atoms with Crippen LogP contribution in [-0.4, -0.2) is 66.2 Å². The second kappa shape index (κ2) is 6.19. The first-order valence-corrected chi connectivity index (χ1v) is 8.12. The Hall–Kier alpha value is -0.660. The predicted octanol–water partition coefficient (Wildman–Crippen LogP) is 0.594. The molecule has 112 valence electrons. The summed E-state index contributed by atoms with van der Waals surface area (Å²) in [5, 5.41) is 7.48. The molecule has 7 heteroatoms. The van der Waals surface area contributed by atoms with Crippen LogP contribution in [0.1, 0.15) is 33.6 Å². The van der Waals surface area contributed by atoms with E-state index in [4.69, 9.17) is 5.11 Å². The number of piperidine rings is 1. The average Bonchev–Trinajstić information content (AvgIpc) is 2.36. The van der Waals surface area contributed by atoms with Gasteiger partial charge < -0.3 is 10.0 Å². The molecule has 0 amide bonds. The molecular weight excluding hydrogens is 268 g/mol. The smallest absolute Gasteiger partial charge is 0.323 e. The number of sulfonamides is 1. The monoisotopic (exact) mass is 292 g/mol. The van der Waals surface area contributed by atoms with Gasteiger partial charge in [-0.2, -0.15) is 0 Å². The van der Waals surface area contributed by atoms with Crippen molar-refractivity contribution in [2.45, 2.75) is 50.9 Å². The molecule has 0 aromatic rings. The molecule has 1 N–H and O–H groups in total. The summed E-state index contributed by atoms with van der Waals surface area (Å²) in [7, 11) is -2.27. The van der Waals surface area contributed by atoms with Gasteiger partial charge in [-0.05, 0) is 46.7 Å². The summed E-state index contributed by atoms with van der Waals surface area (Å²) in [6.45, 7) is 7.16. The normalized spacial score (nSPS) is 20.9. The van der Waals surface area contributed by atoms with Crippen molar-refractivity contribution in [1.82, 2.24) is 9.21 Å². The molecule has 0 aliphatic carbocycles. The Morgan fingerprint density at radius 3 is 2.11 bits per heavy atom. The fourth-order valence-corrected chi connectivity index (χ4v) is 3.73. The van der Waals surface area contributed by atoms with Crippen molar-refractivity contribution in [1.29, 1.82) is 0 Å². The molecule has 1 aliphatic heterocycles. The number of rotatable bonds is 5. The lowest BCUT2D eigenvalue weighted by Crippen LogP contribution is -2.50. The van der Waals surface area contributed by atoms with Gasteiger partial charge in [0.25, 0.3) is 0 Å². The number of likely N-dealkylation sites (tertiary alicyclic amines) is 1. The Balaban J connectivity index is 2.70. The van der Waals surface area contributed by atoms with Gasteiger partial charge in [-0.3, -0.25) is 4.79 Å². The lowest BCUT2D eigenvalue weighted by molar-refractivity contribution is -0.136. The van der Waals surface area contributed by atoms with Gasteiger partial charge in [0.05, 0.1) is 0 Å². The third kappa shape index (κ3) is 3.67. The number of nitrogens with zero attached hydrogens (tertiary/aromatic N) is 2. The van der Waals surface area contributed by atoms with E-state index in [9.17, 15) is 13.2 Å². The Morgan fingerprint density at radius 1 is 1.26 bits per heavy atom. The summed E-state index contributed by atoms with van der Waals surface area (Å²) in [6.07, 6.45) is 1.50. The lowest BCUT2D eigenvalue weighted by atomic mass is 10.0. The van der Waals surface area contributed by atoms with Gasteiger partial charge >= 0.3 is 5.97 Å². The van der Waals surface area contributed by atoms with Gasteiger partial charge in [0, 0.05) is 19.1 Å². The van der Waals surface area contributed by atoms with Gasteiger partial charge in [-0.1, -0.05) is 0 Å². The molecule has 0 bridgehead atoms. The highest BCUT2D eigenvalue weighted by Gasteiger charge is 2.36. The molecule has 1 atom stereocenters. The van der Waals surface area contributed by atoms with E-state index in [2.05, 4.69) is 18.7 Å². The minimum atomic E-state index is -3.76. The van der Waals surface area contributed by atoms with Crippen LogP contribution < -0.4 is 0 Å². The van der Waals surface area contributed by atoms with Crippen molar-refractivity contribution >= 4 is 16.0 Å². The molecule has 1 aliphatic rings. The van der Waals surface area contributed by atoms with E-state index < -0.39 is 21.2 Å². The molecule has 1 saturated heterocycles. The highest BCUT2D eigenvalue weighted by Crippen LogP contribution is 2.21. The highest BCUT2D eigenvalue weighted by atomic mass is 32.2. The maximum atomic E-state index is 12.1. The van der Waals surface area contributed by atoms with Crippen molar-refractivity contribution in [3.8, 4) is 0 Å². The van der Waals surface area contributed by atoms with Crippen LogP contribution in [0.4, 0.5) is 0 Å². The van der Waals surface area contributed by atoms with Crippen LogP contribution in [0.25, 0.3) is 0 Å². The van der Waals surface area contributed by atoms with Crippen molar-refractivity contribution in [2.24, 2.45) is 0 Å². The van der Waals surface area contributed by atoms with Crippen LogP contribution in [-0.2, 0) is 14.8 Å². The zero-order valence-electron chi connectivity index (χ0n) is 12.0. The SMILES string of the molecule is CC(C)N1CCC(N(C)S(=O)(=O)C(C)C(=O)O)CC1. The summed E-state index contributed by atoms with van der Waals surface area (Å²) >= 11 is 0. The molecule has 6 nitrogen and oxygen atoms in total. The summed E-state index contributed by atoms with van der Waals surface area (Å²) < 4.78 is 25.5. The maximum absolute atomic E-state index is 12.1. The maximum Gasteiger partial charge on any atom is 0.323 e. The van der Waals surface area contributed by atoms with E-state index in [1.54, 1.807) is 0 Å². The number of carboxylic acids is 1. The molecule has 0 spiro atoms. The molecule has 1 fully saturated rings. The van der Waals surface area contributed by atoms with Crippen LogP contribution in [0.3, 0.4) is 0 Å². The summed E-state index contributed by atoms with van der Waals surface area (Å²) in [6, 6.07) is 0.364. The standard InChI is InChI=1S/C12H24N2O4S/c1-9(2)14-7-5-11(6-8-14)13(4)19(17,18)10(3)12(15)16/h9-11H,5-8H2,1-4H3,(H,15,16). The molecule has 1 rings (SSSR count). The van der Waals surface area contributed by atoms with E-state index in [-0.39, 0.29) is 6.04 Å². The van der Waals surface area contributed by atoms with Crippen molar-refractivity contribution in [2.75, 3.05) is 20.1 Å². The van der Waals surface area contributed by atoms with E-state index in [1.165, 1.54) is 18.3 Å². The number of carbonyl (C=O) groups is 1. The number of aliphatic carboxylic acids is 1. The first-order valence-electron chi connectivity index (χ1n) is 6.61. The number of hydrogen-bond acceptors (Lipinski definition) is 4.